The minimum atomic E-state index is -0.740. The Morgan fingerprint density at radius 3 is 2.64 bits per heavy atom. The highest BCUT2D eigenvalue weighted by molar-refractivity contribution is 6.04. The molecule has 0 bridgehead atoms. The maximum Gasteiger partial charge on any atom is 0.227 e. The fourth-order valence-electron chi connectivity index (χ4n) is 7.12. The van der Waals surface area contributed by atoms with Gasteiger partial charge in [-0.3, -0.25) is 14.7 Å². The molecule has 1 N–H and O–H groups in total. The summed E-state index contributed by atoms with van der Waals surface area (Å²) in [5.74, 6) is 1.48. The van der Waals surface area contributed by atoms with Gasteiger partial charge in [0.15, 0.2) is 12.1 Å². The molecule has 3 saturated heterocycles. The molecular weight excluding hydrogens is 488 g/mol. The third kappa shape index (κ3) is 4.75. The van der Waals surface area contributed by atoms with E-state index in [9.17, 15) is 9.90 Å². The average Bonchev–Trinajstić information content (AvgIpc) is 3.51. The van der Waals surface area contributed by atoms with Gasteiger partial charge < -0.3 is 14.7 Å². The molecule has 7 nitrogen and oxygen atoms in total. The molecule has 4 aliphatic heterocycles. The van der Waals surface area contributed by atoms with E-state index in [4.69, 9.17) is 4.74 Å². The van der Waals surface area contributed by atoms with Crippen molar-refractivity contribution in [1.82, 2.24) is 9.80 Å². The Kier molecular flexibility index (Phi) is 6.21. The quantitative estimate of drug-likeness (QED) is 0.597. The van der Waals surface area contributed by atoms with Gasteiger partial charge in [-0.2, -0.15) is 0 Å². The molecule has 5 aliphatic rings. The highest BCUT2D eigenvalue weighted by atomic mass is 16.7. The maximum absolute atomic E-state index is 13.2. The summed E-state index contributed by atoms with van der Waals surface area (Å²) in [7, 11) is 0. The van der Waals surface area contributed by atoms with Crippen molar-refractivity contribution in [2.24, 2.45) is 21.3 Å². The molecule has 1 spiro atoms. The third-order valence-corrected chi connectivity index (χ3v) is 9.54. The van der Waals surface area contributed by atoms with Gasteiger partial charge in [0.25, 0.3) is 0 Å². The first-order valence-corrected chi connectivity index (χ1v) is 14.5. The fraction of sp³-hybridized carbons (Fsp3) is 0.531. The predicted molar refractivity (Wildman–Crippen MR) is 151 cm³/mol. The summed E-state index contributed by atoms with van der Waals surface area (Å²) in [6.45, 7) is 8.94. The van der Waals surface area contributed by atoms with Crippen molar-refractivity contribution in [3.63, 3.8) is 0 Å². The van der Waals surface area contributed by atoms with E-state index < -0.39 is 6.29 Å². The Balaban J connectivity index is 0.943. The van der Waals surface area contributed by atoms with Crippen molar-refractivity contribution in [3.05, 3.63) is 69.8 Å². The van der Waals surface area contributed by atoms with Gasteiger partial charge in [0.05, 0.1) is 6.42 Å². The van der Waals surface area contributed by atoms with Crippen LogP contribution in [-0.2, 0) is 22.4 Å². The van der Waals surface area contributed by atoms with Crippen LogP contribution < -0.4 is 0 Å². The van der Waals surface area contributed by atoms with Crippen molar-refractivity contribution in [2.75, 3.05) is 32.7 Å². The maximum atomic E-state index is 13.2. The van der Waals surface area contributed by atoms with Crippen molar-refractivity contribution in [3.8, 4) is 0 Å². The summed E-state index contributed by atoms with van der Waals surface area (Å²) in [5, 5.41) is 9.77. The summed E-state index contributed by atoms with van der Waals surface area (Å²) >= 11 is 0. The molecule has 204 valence electrons. The van der Waals surface area contributed by atoms with Crippen LogP contribution in [0.15, 0.2) is 46.4 Å². The second kappa shape index (κ2) is 9.65. The number of amidine groups is 1. The van der Waals surface area contributed by atoms with Crippen LogP contribution in [0, 0.1) is 18.3 Å². The second-order valence-corrected chi connectivity index (χ2v) is 12.5. The van der Waals surface area contributed by atoms with Crippen LogP contribution in [0.3, 0.4) is 0 Å². The first-order valence-electron chi connectivity index (χ1n) is 14.5. The van der Waals surface area contributed by atoms with Crippen molar-refractivity contribution >= 4 is 18.0 Å². The molecule has 1 amide bonds. The van der Waals surface area contributed by atoms with Gasteiger partial charge in [-0.25, -0.2) is 4.99 Å². The number of hydrogen-bond donors (Lipinski definition) is 1. The van der Waals surface area contributed by atoms with E-state index in [1.54, 1.807) is 0 Å². The normalized spacial score (nSPS) is 29.2. The van der Waals surface area contributed by atoms with E-state index in [1.807, 2.05) is 36.2 Å². The minimum Gasteiger partial charge on any atom is -0.366 e. The Bertz CT molecular complexity index is 1350. The van der Waals surface area contributed by atoms with Gasteiger partial charge in [-0.1, -0.05) is 42.8 Å². The number of piperidine rings is 1. The molecule has 39 heavy (non-hydrogen) atoms. The SMILES string of the molecule is Cc1ccc(CC(=O)N2CCC3(CC2)CN([C@@H]2CCc4cc(C5=NCC(C)C=N5)ccc42)C3)c(C2OC2O)c1. The fourth-order valence-corrected chi connectivity index (χ4v) is 7.12. The zero-order valence-corrected chi connectivity index (χ0v) is 23.0. The van der Waals surface area contributed by atoms with E-state index in [0.29, 0.717) is 23.8 Å². The van der Waals surface area contributed by atoms with E-state index in [0.717, 1.165) is 80.1 Å². The zero-order valence-electron chi connectivity index (χ0n) is 23.0. The van der Waals surface area contributed by atoms with Crippen LogP contribution in [0.25, 0.3) is 0 Å². The highest BCUT2D eigenvalue weighted by Gasteiger charge is 2.48. The summed E-state index contributed by atoms with van der Waals surface area (Å²) in [6.07, 6.45) is 5.83. The number of aryl methyl sites for hydroxylation is 2. The van der Waals surface area contributed by atoms with Gasteiger partial charge in [0, 0.05) is 56.5 Å². The van der Waals surface area contributed by atoms with Crippen LogP contribution in [0.5, 0.6) is 0 Å². The van der Waals surface area contributed by atoms with Gasteiger partial charge >= 0.3 is 0 Å². The molecule has 7 heteroatoms. The number of fused-ring (bicyclic) bond motifs is 1. The van der Waals surface area contributed by atoms with Crippen LogP contribution in [-0.4, -0.2) is 71.9 Å². The second-order valence-electron chi connectivity index (χ2n) is 12.5. The number of carbonyl (C=O) groups is 1. The lowest BCUT2D eigenvalue weighted by Gasteiger charge is -2.56. The Hall–Kier alpha value is -2.87. The number of epoxide rings is 1. The van der Waals surface area contributed by atoms with E-state index in [-0.39, 0.29) is 12.0 Å². The number of nitrogens with zero attached hydrogens (tertiary/aromatic N) is 4. The molecule has 1 aliphatic carbocycles. The number of rotatable bonds is 5. The lowest BCUT2D eigenvalue weighted by molar-refractivity contribution is -0.136. The van der Waals surface area contributed by atoms with E-state index in [2.05, 4.69) is 40.0 Å². The Morgan fingerprint density at radius 1 is 1.13 bits per heavy atom. The molecule has 0 saturated carbocycles. The van der Waals surface area contributed by atoms with Gasteiger partial charge in [0.1, 0.15) is 6.10 Å². The number of hydrogen-bond acceptors (Lipinski definition) is 6. The number of ether oxygens (including phenoxy) is 1. The van der Waals surface area contributed by atoms with Crippen molar-refractivity contribution < 1.29 is 14.6 Å². The molecule has 7 rings (SSSR count). The van der Waals surface area contributed by atoms with Gasteiger partial charge in [-0.15, -0.1) is 0 Å². The van der Waals surface area contributed by atoms with Crippen molar-refractivity contribution in [1.29, 1.82) is 0 Å². The monoisotopic (exact) mass is 526 g/mol. The number of aliphatic imine (C=N–C) groups is 2. The summed E-state index contributed by atoms with van der Waals surface area (Å²) < 4.78 is 5.30. The topological polar surface area (TPSA) is 81.0 Å². The molecule has 4 atom stereocenters. The van der Waals surface area contributed by atoms with Crippen LogP contribution in [0.1, 0.15) is 71.7 Å². The largest absolute Gasteiger partial charge is 0.366 e. The lowest BCUT2D eigenvalue weighted by Crippen LogP contribution is -2.61. The molecule has 0 radical (unpaired) electrons. The number of carbonyl (C=O) groups excluding carboxylic acids is 1. The molecule has 3 unspecified atom stereocenters. The molecular formula is C32H38N4O3. The molecule has 2 aromatic carbocycles. The molecule has 0 aromatic heterocycles. The van der Waals surface area contributed by atoms with Crippen molar-refractivity contribution in [2.45, 2.75) is 64.4 Å². The predicted octanol–water partition coefficient (Wildman–Crippen LogP) is 4.01. The smallest absolute Gasteiger partial charge is 0.227 e. The van der Waals surface area contributed by atoms with Crippen LogP contribution >= 0.6 is 0 Å². The van der Waals surface area contributed by atoms with E-state index in [1.165, 1.54) is 17.5 Å². The standard InChI is InChI=1S/C32H38N4O3/c1-20-3-4-23(26(13-20)29-31(38)39-29)15-28(37)35-11-9-32(10-12-35)18-36(19-32)27-8-6-22-14-24(5-7-25(22)27)30-33-16-21(2)17-34-30/h3-5,7,13-14,16,21,27,29,31,38H,6,8-12,15,17-19H2,1-2H3/t21?,27-,29?,31?/m1/s1. The van der Waals surface area contributed by atoms with Gasteiger partial charge in [0.2, 0.25) is 5.91 Å². The molecule has 3 fully saturated rings. The zero-order chi connectivity index (χ0) is 26.7. The summed E-state index contributed by atoms with van der Waals surface area (Å²) in [5.41, 5.74) is 7.48. The minimum absolute atomic E-state index is 0.183. The Morgan fingerprint density at radius 2 is 1.92 bits per heavy atom. The average molecular weight is 527 g/mol. The number of aliphatic hydroxyl groups excluding tert-OH is 1. The number of benzene rings is 2. The molecule has 2 aromatic rings. The first kappa shape index (κ1) is 25.1. The Labute approximate surface area is 230 Å². The van der Waals surface area contributed by atoms with E-state index >= 15 is 0 Å². The first-order chi connectivity index (χ1) is 18.9. The van der Waals surface area contributed by atoms with Crippen LogP contribution in [0.4, 0.5) is 0 Å². The lowest BCUT2D eigenvalue weighted by atomic mass is 9.71. The highest BCUT2D eigenvalue weighted by Crippen LogP contribution is 2.48. The summed E-state index contributed by atoms with van der Waals surface area (Å²) in [6, 6.07) is 13.4. The van der Waals surface area contributed by atoms with Crippen LogP contribution in [0.2, 0.25) is 0 Å². The number of amides is 1. The third-order valence-electron chi connectivity index (χ3n) is 9.54. The number of aliphatic hydroxyl groups is 1. The molecule has 4 heterocycles. The van der Waals surface area contributed by atoms with Gasteiger partial charge in [-0.05, 0) is 66.3 Å². The number of likely N-dealkylation sites (tertiary alicyclic amines) is 2. The summed E-state index contributed by atoms with van der Waals surface area (Å²) in [4.78, 5) is 27.2.